The maximum absolute atomic E-state index is 14.7. The lowest BCUT2D eigenvalue weighted by molar-refractivity contribution is -0.135. The van der Waals surface area contributed by atoms with Crippen LogP contribution in [-0.2, 0) is 11.2 Å². The van der Waals surface area contributed by atoms with Gasteiger partial charge in [0.25, 0.3) is 5.91 Å². The van der Waals surface area contributed by atoms with Crippen molar-refractivity contribution in [2.75, 3.05) is 13.1 Å². The number of nitrogens with two attached hydrogens (primary N) is 1. The van der Waals surface area contributed by atoms with Crippen LogP contribution in [0.25, 0.3) is 5.65 Å². The Morgan fingerprint density at radius 2 is 1.89 bits per heavy atom. The molecule has 0 atom stereocenters. The number of imidazole rings is 1. The zero-order valence-electron chi connectivity index (χ0n) is 15.2. The van der Waals surface area contributed by atoms with Gasteiger partial charge in [0.05, 0.1) is 5.41 Å². The monoisotopic (exact) mass is 400 g/mol. The van der Waals surface area contributed by atoms with Gasteiger partial charge in [-0.25, -0.2) is 4.98 Å². The van der Waals surface area contributed by atoms with E-state index in [9.17, 15) is 14.0 Å². The predicted molar refractivity (Wildman–Crippen MR) is 103 cm³/mol. The van der Waals surface area contributed by atoms with Gasteiger partial charge in [0, 0.05) is 24.3 Å². The van der Waals surface area contributed by atoms with Crippen LogP contribution >= 0.6 is 11.6 Å². The highest BCUT2D eigenvalue weighted by atomic mass is 35.5. The number of primary amides is 1. The van der Waals surface area contributed by atoms with Gasteiger partial charge in [-0.1, -0.05) is 29.8 Å². The summed E-state index contributed by atoms with van der Waals surface area (Å²) in [7, 11) is 0. The molecule has 28 heavy (non-hydrogen) atoms. The van der Waals surface area contributed by atoms with Crippen LogP contribution in [-0.4, -0.2) is 39.2 Å². The molecule has 3 heterocycles. The zero-order chi connectivity index (χ0) is 20.1. The van der Waals surface area contributed by atoms with E-state index in [1.807, 2.05) is 19.1 Å². The Morgan fingerprint density at radius 3 is 2.54 bits per heavy atom. The van der Waals surface area contributed by atoms with Gasteiger partial charge in [-0.2, -0.15) is 4.39 Å². The minimum absolute atomic E-state index is 0.121. The van der Waals surface area contributed by atoms with E-state index >= 15 is 0 Å². The maximum Gasteiger partial charge on any atom is 0.277 e. The van der Waals surface area contributed by atoms with Crippen molar-refractivity contribution in [2.24, 2.45) is 11.1 Å². The van der Waals surface area contributed by atoms with Crippen LogP contribution in [0.1, 0.15) is 21.6 Å². The Labute approximate surface area is 165 Å². The van der Waals surface area contributed by atoms with Gasteiger partial charge in [-0.05, 0) is 42.7 Å². The van der Waals surface area contributed by atoms with E-state index in [0.29, 0.717) is 17.1 Å². The van der Waals surface area contributed by atoms with Crippen LogP contribution < -0.4 is 5.73 Å². The minimum Gasteiger partial charge on any atom is -0.369 e. The Kier molecular flexibility index (Phi) is 4.34. The average molecular weight is 401 g/mol. The summed E-state index contributed by atoms with van der Waals surface area (Å²) in [4.78, 5) is 30.3. The van der Waals surface area contributed by atoms with E-state index < -0.39 is 23.2 Å². The van der Waals surface area contributed by atoms with Crippen molar-refractivity contribution < 1.29 is 14.0 Å². The van der Waals surface area contributed by atoms with Crippen molar-refractivity contribution in [3.63, 3.8) is 0 Å². The fraction of sp³-hybridized carbons (Fsp3) is 0.250. The van der Waals surface area contributed by atoms with Crippen LogP contribution in [0, 0.1) is 18.3 Å². The van der Waals surface area contributed by atoms with Gasteiger partial charge < -0.3 is 10.6 Å². The van der Waals surface area contributed by atoms with Gasteiger partial charge in [0.15, 0.2) is 5.69 Å². The average Bonchev–Trinajstić information content (AvgIpc) is 2.95. The minimum atomic E-state index is -0.879. The number of pyridine rings is 1. The van der Waals surface area contributed by atoms with Gasteiger partial charge in [0.1, 0.15) is 5.65 Å². The highest BCUT2D eigenvalue weighted by Gasteiger charge is 2.50. The first-order valence-corrected chi connectivity index (χ1v) is 9.15. The van der Waals surface area contributed by atoms with E-state index in [-0.39, 0.29) is 18.8 Å². The summed E-state index contributed by atoms with van der Waals surface area (Å²) in [5.74, 6) is -1.75. The predicted octanol–water partition coefficient (Wildman–Crippen LogP) is 2.61. The van der Waals surface area contributed by atoms with E-state index in [4.69, 9.17) is 17.3 Å². The normalized spacial score (nSPS) is 15.5. The standard InChI is InChI=1S/C20H18ClFN4O2/c1-12-2-7-15-24-16(17(22)26(15)9-12)18(27)25-10-20(11-25,19(23)28)8-13-3-5-14(21)6-4-13/h2-7,9H,8,10-11H2,1H3,(H2,23,28). The molecule has 0 unspecified atom stereocenters. The van der Waals surface area contributed by atoms with Gasteiger partial charge in [0.2, 0.25) is 11.9 Å². The lowest BCUT2D eigenvalue weighted by Crippen LogP contribution is -2.65. The summed E-state index contributed by atoms with van der Waals surface area (Å²) < 4.78 is 15.9. The number of benzene rings is 1. The third-order valence-corrected chi connectivity index (χ3v) is 5.42. The third kappa shape index (κ3) is 3.01. The summed E-state index contributed by atoms with van der Waals surface area (Å²) in [5.41, 5.74) is 6.59. The molecule has 3 aromatic rings. The summed E-state index contributed by atoms with van der Waals surface area (Å²) in [6.45, 7) is 2.07. The van der Waals surface area contributed by atoms with Crippen molar-refractivity contribution >= 4 is 29.1 Å². The van der Waals surface area contributed by atoms with E-state index in [1.165, 1.54) is 9.30 Å². The number of carbonyl (C=O) groups is 2. The van der Waals surface area contributed by atoms with Crippen LogP contribution in [0.2, 0.25) is 5.02 Å². The number of fused-ring (bicyclic) bond motifs is 1. The second-order valence-electron chi connectivity index (χ2n) is 7.29. The molecule has 1 aromatic carbocycles. The Balaban J connectivity index is 1.55. The van der Waals surface area contributed by atoms with Crippen LogP contribution in [0.3, 0.4) is 0 Å². The van der Waals surface area contributed by atoms with Gasteiger partial charge >= 0.3 is 0 Å². The first-order valence-electron chi connectivity index (χ1n) is 8.77. The number of aryl methyl sites for hydroxylation is 1. The number of hydrogen-bond acceptors (Lipinski definition) is 3. The molecule has 1 fully saturated rings. The number of carbonyl (C=O) groups excluding carboxylic acids is 2. The molecule has 0 spiro atoms. The molecule has 2 N–H and O–H groups in total. The SMILES string of the molecule is Cc1ccc2nc(C(=O)N3CC(Cc4ccc(Cl)cc4)(C(N)=O)C3)c(F)n2c1. The number of likely N-dealkylation sites (tertiary alicyclic amines) is 1. The summed E-state index contributed by atoms with van der Waals surface area (Å²) >= 11 is 5.89. The fourth-order valence-electron chi connectivity index (χ4n) is 3.58. The van der Waals surface area contributed by atoms with Crippen LogP contribution in [0.5, 0.6) is 0 Å². The Bertz CT molecular complexity index is 1090. The molecule has 0 aliphatic carbocycles. The number of halogens is 2. The molecule has 4 rings (SSSR count). The fourth-order valence-corrected chi connectivity index (χ4v) is 3.71. The van der Waals surface area contributed by atoms with Gasteiger partial charge in [-0.3, -0.25) is 14.0 Å². The molecule has 1 aliphatic heterocycles. The molecular formula is C20H18ClFN4O2. The number of nitrogens with zero attached hydrogens (tertiary/aromatic N) is 3. The molecule has 2 amide bonds. The quantitative estimate of drug-likeness (QED) is 0.731. The molecule has 0 saturated carbocycles. The second kappa shape index (κ2) is 6.60. The Hall–Kier alpha value is -2.93. The van der Waals surface area contributed by atoms with Crippen molar-refractivity contribution in [3.8, 4) is 0 Å². The zero-order valence-corrected chi connectivity index (χ0v) is 15.9. The molecular weight excluding hydrogens is 383 g/mol. The molecule has 1 saturated heterocycles. The van der Waals surface area contributed by atoms with Crippen LogP contribution in [0.15, 0.2) is 42.6 Å². The first kappa shape index (κ1) is 18.4. The van der Waals surface area contributed by atoms with Crippen molar-refractivity contribution in [3.05, 3.63) is 70.4 Å². The molecule has 0 radical (unpaired) electrons. The maximum atomic E-state index is 14.7. The van der Waals surface area contributed by atoms with E-state index in [2.05, 4.69) is 4.98 Å². The van der Waals surface area contributed by atoms with Crippen molar-refractivity contribution in [1.29, 1.82) is 0 Å². The number of amides is 2. The largest absolute Gasteiger partial charge is 0.369 e. The van der Waals surface area contributed by atoms with E-state index in [0.717, 1.165) is 11.1 Å². The van der Waals surface area contributed by atoms with Crippen molar-refractivity contribution in [2.45, 2.75) is 13.3 Å². The topological polar surface area (TPSA) is 80.7 Å². The lowest BCUT2D eigenvalue weighted by atomic mass is 9.74. The summed E-state index contributed by atoms with van der Waals surface area (Å²) in [6, 6.07) is 10.6. The molecule has 0 bridgehead atoms. The van der Waals surface area contributed by atoms with Gasteiger partial charge in [-0.15, -0.1) is 0 Å². The highest BCUT2D eigenvalue weighted by Crippen LogP contribution is 2.35. The third-order valence-electron chi connectivity index (χ3n) is 5.16. The number of hydrogen-bond donors (Lipinski definition) is 1. The smallest absolute Gasteiger partial charge is 0.277 e. The summed E-state index contributed by atoms with van der Waals surface area (Å²) in [6.07, 6.45) is 1.97. The lowest BCUT2D eigenvalue weighted by Gasteiger charge is -2.47. The first-order chi connectivity index (χ1) is 13.3. The molecule has 2 aromatic heterocycles. The number of aromatic nitrogens is 2. The Morgan fingerprint density at radius 1 is 1.21 bits per heavy atom. The highest BCUT2D eigenvalue weighted by molar-refractivity contribution is 6.30. The van der Waals surface area contributed by atoms with Crippen LogP contribution in [0.4, 0.5) is 4.39 Å². The second-order valence-corrected chi connectivity index (χ2v) is 7.73. The number of rotatable bonds is 4. The van der Waals surface area contributed by atoms with Crippen molar-refractivity contribution in [1.82, 2.24) is 14.3 Å². The molecule has 1 aliphatic rings. The van der Waals surface area contributed by atoms with E-state index in [1.54, 1.807) is 30.5 Å². The molecule has 6 nitrogen and oxygen atoms in total. The molecule has 8 heteroatoms. The molecule has 144 valence electrons. The summed E-state index contributed by atoms with van der Waals surface area (Å²) in [5, 5.41) is 0.597.